The molecule has 0 saturated carbocycles. The van der Waals surface area contributed by atoms with Gasteiger partial charge in [0, 0.05) is 31.7 Å². The van der Waals surface area contributed by atoms with E-state index in [-0.39, 0.29) is 6.04 Å². The number of anilines is 1. The van der Waals surface area contributed by atoms with Crippen LogP contribution in [0.4, 0.5) is 5.82 Å². The minimum atomic E-state index is 0.219. The van der Waals surface area contributed by atoms with Crippen LogP contribution >= 0.6 is 0 Å². The molecule has 4 nitrogen and oxygen atoms in total. The van der Waals surface area contributed by atoms with Crippen molar-refractivity contribution >= 4 is 5.82 Å². The summed E-state index contributed by atoms with van der Waals surface area (Å²) in [5.74, 6) is 1.23. The molecule has 0 spiro atoms. The van der Waals surface area contributed by atoms with Crippen molar-refractivity contribution < 1.29 is 0 Å². The van der Waals surface area contributed by atoms with Gasteiger partial charge in [-0.15, -0.1) is 0 Å². The van der Waals surface area contributed by atoms with Gasteiger partial charge in [0.05, 0.1) is 5.69 Å². The second kappa shape index (κ2) is 6.94. The van der Waals surface area contributed by atoms with E-state index in [2.05, 4.69) is 44.7 Å². The first-order chi connectivity index (χ1) is 8.96. The minimum Gasteiger partial charge on any atom is -0.357 e. The molecule has 0 saturated heterocycles. The lowest BCUT2D eigenvalue weighted by molar-refractivity contribution is 0.568. The van der Waals surface area contributed by atoms with Gasteiger partial charge in [0.25, 0.3) is 0 Å². The van der Waals surface area contributed by atoms with E-state index in [9.17, 15) is 0 Å². The van der Waals surface area contributed by atoms with Gasteiger partial charge in [0.1, 0.15) is 5.82 Å². The summed E-state index contributed by atoms with van der Waals surface area (Å²) < 4.78 is 2.01. The molecule has 0 aromatic carbocycles. The fraction of sp³-hybridized carbons (Fsp3) is 0.800. The molecule has 0 bridgehead atoms. The van der Waals surface area contributed by atoms with Gasteiger partial charge in [-0.2, -0.15) is 5.10 Å². The third kappa shape index (κ3) is 3.50. The first kappa shape index (κ1) is 16.0. The van der Waals surface area contributed by atoms with E-state index >= 15 is 0 Å². The van der Waals surface area contributed by atoms with Crippen LogP contribution in [0.5, 0.6) is 0 Å². The molecule has 19 heavy (non-hydrogen) atoms. The molecule has 1 rings (SSSR count). The van der Waals surface area contributed by atoms with Gasteiger partial charge < -0.3 is 10.6 Å². The van der Waals surface area contributed by atoms with E-state index < -0.39 is 0 Å². The van der Waals surface area contributed by atoms with Crippen molar-refractivity contribution in [3.63, 3.8) is 0 Å². The molecule has 1 unspecified atom stereocenters. The Morgan fingerprint density at radius 2 is 1.79 bits per heavy atom. The number of aryl methyl sites for hydroxylation is 2. The summed E-state index contributed by atoms with van der Waals surface area (Å²) in [7, 11) is 4.21. The van der Waals surface area contributed by atoms with Gasteiger partial charge in [-0.1, -0.05) is 20.8 Å². The fourth-order valence-corrected chi connectivity index (χ4v) is 2.79. The van der Waals surface area contributed by atoms with Crippen molar-refractivity contribution in [2.75, 3.05) is 11.9 Å². The maximum atomic E-state index is 6.14. The number of hydrogen-bond acceptors (Lipinski definition) is 3. The number of nitrogens with zero attached hydrogens (tertiary/aromatic N) is 3. The zero-order chi connectivity index (χ0) is 14.6. The maximum Gasteiger partial charge on any atom is 0.130 e. The fourth-order valence-electron chi connectivity index (χ4n) is 2.79. The van der Waals surface area contributed by atoms with Gasteiger partial charge in [0.2, 0.25) is 0 Å². The highest BCUT2D eigenvalue weighted by Crippen LogP contribution is 2.26. The number of aromatic nitrogens is 2. The Labute approximate surface area is 118 Å². The predicted octanol–water partition coefficient (Wildman–Crippen LogP) is 2.63. The Morgan fingerprint density at radius 1 is 1.21 bits per heavy atom. The SMILES string of the molecule is CCC(N)Cc1c(C)nn(C)c1N(C)C(CC)CC. The highest BCUT2D eigenvalue weighted by atomic mass is 15.4. The Morgan fingerprint density at radius 3 is 2.26 bits per heavy atom. The zero-order valence-corrected chi connectivity index (χ0v) is 13.4. The van der Waals surface area contributed by atoms with E-state index in [0.29, 0.717) is 6.04 Å². The Balaban J connectivity index is 3.11. The number of nitrogens with two attached hydrogens (primary N) is 1. The lowest BCUT2D eigenvalue weighted by Gasteiger charge is -2.29. The average Bonchev–Trinajstić information content (AvgIpc) is 2.65. The first-order valence-electron chi connectivity index (χ1n) is 7.46. The Kier molecular flexibility index (Phi) is 5.85. The molecule has 4 heteroatoms. The molecule has 1 atom stereocenters. The maximum absolute atomic E-state index is 6.14. The summed E-state index contributed by atoms with van der Waals surface area (Å²) in [6.07, 6.45) is 4.21. The molecule has 0 aliphatic carbocycles. The van der Waals surface area contributed by atoms with Crippen molar-refractivity contribution in [3.8, 4) is 0 Å². The van der Waals surface area contributed by atoms with E-state index in [1.54, 1.807) is 0 Å². The summed E-state index contributed by atoms with van der Waals surface area (Å²) in [5, 5.41) is 4.59. The summed E-state index contributed by atoms with van der Waals surface area (Å²) in [4.78, 5) is 2.37. The van der Waals surface area contributed by atoms with Crippen molar-refractivity contribution in [3.05, 3.63) is 11.3 Å². The summed E-state index contributed by atoms with van der Waals surface area (Å²) >= 11 is 0. The highest BCUT2D eigenvalue weighted by Gasteiger charge is 2.22. The van der Waals surface area contributed by atoms with Crippen molar-refractivity contribution in [2.24, 2.45) is 12.8 Å². The lowest BCUT2D eigenvalue weighted by atomic mass is 10.0. The summed E-state index contributed by atoms with van der Waals surface area (Å²) in [5.41, 5.74) is 8.56. The van der Waals surface area contributed by atoms with Gasteiger partial charge >= 0.3 is 0 Å². The van der Waals surface area contributed by atoms with Crippen molar-refractivity contribution in [2.45, 2.75) is 65.5 Å². The monoisotopic (exact) mass is 266 g/mol. The Bertz CT molecular complexity index is 393. The van der Waals surface area contributed by atoms with Crippen LogP contribution in [0.2, 0.25) is 0 Å². The standard InChI is InChI=1S/C15H30N4/c1-7-12(16)10-14-11(4)17-19(6)15(14)18(5)13(8-2)9-3/h12-13H,7-10,16H2,1-6H3. The highest BCUT2D eigenvalue weighted by molar-refractivity contribution is 5.50. The second-order valence-corrected chi connectivity index (χ2v) is 5.46. The lowest BCUT2D eigenvalue weighted by Crippen LogP contribution is -2.33. The second-order valence-electron chi connectivity index (χ2n) is 5.46. The molecular formula is C15H30N4. The largest absolute Gasteiger partial charge is 0.357 e. The molecular weight excluding hydrogens is 236 g/mol. The van der Waals surface area contributed by atoms with Crippen LogP contribution in [0.25, 0.3) is 0 Å². The van der Waals surface area contributed by atoms with E-state index in [4.69, 9.17) is 5.73 Å². The molecule has 1 heterocycles. The van der Waals surface area contributed by atoms with Gasteiger partial charge in [-0.05, 0) is 32.6 Å². The molecule has 110 valence electrons. The first-order valence-corrected chi connectivity index (χ1v) is 7.46. The molecule has 0 aliphatic heterocycles. The minimum absolute atomic E-state index is 0.219. The molecule has 1 aromatic heterocycles. The molecule has 2 N–H and O–H groups in total. The smallest absolute Gasteiger partial charge is 0.130 e. The third-order valence-corrected chi connectivity index (χ3v) is 4.13. The molecule has 0 fully saturated rings. The van der Waals surface area contributed by atoms with Crippen molar-refractivity contribution in [1.82, 2.24) is 9.78 Å². The number of rotatable bonds is 7. The molecule has 0 amide bonds. The van der Waals surface area contributed by atoms with Gasteiger partial charge in [-0.3, -0.25) is 4.68 Å². The third-order valence-electron chi connectivity index (χ3n) is 4.13. The zero-order valence-electron chi connectivity index (χ0n) is 13.4. The van der Waals surface area contributed by atoms with E-state index in [0.717, 1.165) is 31.4 Å². The van der Waals surface area contributed by atoms with Crippen LogP contribution in [0, 0.1) is 6.92 Å². The topological polar surface area (TPSA) is 47.1 Å². The predicted molar refractivity (Wildman–Crippen MR) is 82.7 cm³/mol. The summed E-state index contributed by atoms with van der Waals surface area (Å²) in [6, 6.07) is 0.781. The molecule has 0 aliphatic rings. The van der Waals surface area contributed by atoms with E-state index in [1.807, 2.05) is 11.7 Å². The van der Waals surface area contributed by atoms with Crippen molar-refractivity contribution in [1.29, 1.82) is 0 Å². The average molecular weight is 266 g/mol. The van der Waals surface area contributed by atoms with Crippen LogP contribution in [-0.4, -0.2) is 28.9 Å². The van der Waals surface area contributed by atoms with Crippen LogP contribution in [-0.2, 0) is 13.5 Å². The number of hydrogen-bond donors (Lipinski definition) is 1. The quantitative estimate of drug-likeness (QED) is 0.825. The van der Waals surface area contributed by atoms with Gasteiger partial charge in [0.15, 0.2) is 0 Å². The van der Waals surface area contributed by atoms with E-state index in [1.165, 1.54) is 11.4 Å². The van der Waals surface area contributed by atoms with Crippen LogP contribution < -0.4 is 10.6 Å². The summed E-state index contributed by atoms with van der Waals surface area (Å²) in [6.45, 7) is 8.71. The molecule has 1 aromatic rings. The van der Waals surface area contributed by atoms with Crippen LogP contribution in [0.3, 0.4) is 0 Å². The Hall–Kier alpha value is -1.03. The van der Waals surface area contributed by atoms with Gasteiger partial charge in [-0.25, -0.2) is 0 Å². The van der Waals surface area contributed by atoms with Crippen LogP contribution in [0.15, 0.2) is 0 Å². The van der Waals surface area contributed by atoms with Crippen LogP contribution in [0.1, 0.15) is 51.3 Å². The molecule has 0 radical (unpaired) electrons. The normalized spacial score (nSPS) is 13.1.